The molecule has 4 heterocycles. The molecule has 160 valence electrons. The van der Waals surface area contributed by atoms with E-state index < -0.39 is 11.6 Å². The van der Waals surface area contributed by atoms with Crippen LogP contribution in [0.4, 0.5) is 20.2 Å². The molecule has 0 atom stereocenters. The van der Waals surface area contributed by atoms with E-state index in [9.17, 15) is 9.65 Å². The summed E-state index contributed by atoms with van der Waals surface area (Å²) >= 11 is 0. The quantitative estimate of drug-likeness (QED) is 0.480. The van der Waals surface area contributed by atoms with Crippen LogP contribution in [-0.2, 0) is 0 Å². The Morgan fingerprint density at radius 1 is 1.16 bits per heavy atom. The Morgan fingerprint density at radius 2 is 2.00 bits per heavy atom. The number of fused-ring (bicyclic) bond motifs is 3. The van der Waals surface area contributed by atoms with Crippen LogP contribution in [0.5, 0.6) is 0 Å². The second kappa shape index (κ2) is 6.63. The van der Waals surface area contributed by atoms with Gasteiger partial charge in [-0.2, -0.15) is 5.26 Å². The molecule has 0 radical (unpaired) electrons. The number of pyridine rings is 2. The lowest BCUT2D eigenvalue weighted by Crippen LogP contribution is -2.21. The number of rotatable bonds is 3. The van der Waals surface area contributed by atoms with Crippen molar-refractivity contribution >= 4 is 33.3 Å². The molecule has 1 saturated carbocycles. The zero-order valence-corrected chi connectivity index (χ0v) is 17.5. The molecule has 8 heteroatoms. The van der Waals surface area contributed by atoms with Crippen LogP contribution in [0.1, 0.15) is 24.8 Å². The largest absolute Gasteiger partial charge is 0.386 e. The van der Waals surface area contributed by atoms with Crippen molar-refractivity contribution in [1.29, 1.82) is 5.26 Å². The molecule has 1 aromatic carbocycles. The molecule has 1 spiro atoms. The molecule has 1 aliphatic heterocycles. The highest BCUT2D eigenvalue weighted by atomic mass is 19.2. The van der Waals surface area contributed by atoms with Crippen molar-refractivity contribution in [2.75, 3.05) is 30.4 Å². The van der Waals surface area contributed by atoms with Crippen LogP contribution in [0, 0.1) is 28.4 Å². The molecule has 0 unspecified atom stereocenters. The van der Waals surface area contributed by atoms with Gasteiger partial charge in [-0.1, -0.05) is 0 Å². The minimum absolute atomic E-state index is 0.190. The van der Waals surface area contributed by atoms with Crippen molar-refractivity contribution < 1.29 is 8.78 Å². The maximum atomic E-state index is 15.2. The van der Waals surface area contributed by atoms with Gasteiger partial charge in [0.05, 0.1) is 33.2 Å². The molecular weight excluding hydrogens is 410 g/mol. The van der Waals surface area contributed by atoms with Crippen molar-refractivity contribution in [2.24, 2.45) is 5.41 Å². The topological polar surface area (TPSA) is 80.6 Å². The third-order valence-electron chi connectivity index (χ3n) is 6.92. The predicted molar refractivity (Wildman–Crippen MR) is 120 cm³/mol. The number of nitrogens with zero attached hydrogens (tertiary/aromatic N) is 4. The zero-order chi connectivity index (χ0) is 22.0. The molecule has 1 aliphatic carbocycles. The van der Waals surface area contributed by atoms with Crippen LogP contribution in [0.3, 0.4) is 0 Å². The number of anilines is 2. The molecule has 0 amide bonds. The van der Waals surface area contributed by atoms with E-state index in [4.69, 9.17) is 0 Å². The van der Waals surface area contributed by atoms with Gasteiger partial charge in [0.2, 0.25) is 0 Å². The Labute approximate surface area is 182 Å². The lowest BCUT2D eigenvalue weighted by Gasteiger charge is -2.23. The van der Waals surface area contributed by atoms with Crippen LogP contribution in [-0.4, -0.2) is 35.1 Å². The van der Waals surface area contributed by atoms with E-state index in [1.807, 2.05) is 0 Å². The third-order valence-corrected chi connectivity index (χ3v) is 6.92. The molecule has 1 saturated heterocycles. The summed E-state index contributed by atoms with van der Waals surface area (Å²) < 4.78 is 29.8. The molecule has 2 aliphatic rings. The van der Waals surface area contributed by atoms with Gasteiger partial charge in [-0.05, 0) is 30.7 Å². The monoisotopic (exact) mass is 430 g/mol. The van der Waals surface area contributed by atoms with Gasteiger partial charge in [0.1, 0.15) is 11.7 Å². The normalized spacial score (nSPS) is 16.8. The molecule has 32 heavy (non-hydrogen) atoms. The first kappa shape index (κ1) is 19.0. The van der Waals surface area contributed by atoms with Gasteiger partial charge in [-0.15, -0.1) is 0 Å². The number of hydrogen-bond donors (Lipinski definition) is 2. The number of halogens is 2. The summed E-state index contributed by atoms with van der Waals surface area (Å²) in [5.74, 6) is -1.80. The van der Waals surface area contributed by atoms with Crippen molar-refractivity contribution in [3.05, 3.63) is 47.9 Å². The van der Waals surface area contributed by atoms with Crippen LogP contribution in [0.2, 0.25) is 0 Å². The number of hydrogen-bond acceptors (Lipinski definition) is 5. The summed E-state index contributed by atoms with van der Waals surface area (Å²) in [6, 6.07) is 5.03. The van der Waals surface area contributed by atoms with E-state index in [-0.39, 0.29) is 5.39 Å². The Balaban J connectivity index is 1.71. The zero-order valence-electron chi connectivity index (χ0n) is 17.5. The maximum absolute atomic E-state index is 15.2. The molecular formula is C24H20F2N6. The fourth-order valence-electron chi connectivity index (χ4n) is 5.04. The second-order valence-corrected chi connectivity index (χ2v) is 8.83. The average Bonchev–Trinajstić information content (AvgIpc) is 3.26. The summed E-state index contributed by atoms with van der Waals surface area (Å²) in [6.45, 7) is 1.70. The molecule has 2 fully saturated rings. The number of aromatic nitrogens is 3. The van der Waals surface area contributed by atoms with Gasteiger partial charge in [-0.25, -0.2) is 13.8 Å². The number of benzene rings is 1. The van der Waals surface area contributed by atoms with Crippen LogP contribution in [0.25, 0.3) is 33.1 Å². The average molecular weight is 430 g/mol. The van der Waals surface area contributed by atoms with Gasteiger partial charge in [0.15, 0.2) is 11.6 Å². The van der Waals surface area contributed by atoms with Crippen LogP contribution < -0.4 is 10.2 Å². The highest BCUT2D eigenvalue weighted by Crippen LogP contribution is 2.55. The first-order chi connectivity index (χ1) is 15.5. The van der Waals surface area contributed by atoms with Gasteiger partial charge >= 0.3 is 0 Å². The van der Waals surface area contributed by atoms with E-state index in [0.717, 1.165) is 42.4 Å². The van der Waals surface area contributed by atoms with Gasteiger partial charge < -0.3 is 15.2 Å². The lowest BCUT2D eigenvalue weighted by molar-refractivity contribution is 0.518. The predicted octanol–water partition coefficient (Wildman–Crippen LogP) is 4.96. The van der Waals surface area contributed by atoms with Gasteiger partial charge in [-0.3, -0.25) is 4.98 Å². The first-order valence-corrected chi connectivity index (χ1v) is 10.6. The molecule has 6 nitrogen and oxygen atoms in total. The third kappa shape index (κ3) is 2.67. The Morgan fingerprint density at radius 3 is 2.72 bits per heavy atom. The van der Waals surface area contributed by atoms with Gasteiger partial charge in [0.25, 0.3) is 0 Å². The molecule has 6 rings (SSSR count). The van der Waals surface area contributed by atoms with Crippen molar-refractivity contribution in [3.63, 3.8) is 0 Å². The van der Waals surface area contributed by atoms with Crippen LogP contribution >= 0.6 is 0 Å². The molecule has 0 bridgehead atoms. The highest BCUT2D eigenvalue weighted by molar-refractivity contribution is 6.18. The van der Waals surface area contributed by atoms with Gasteiger partial charge in [0, 0.05) is 55.9 Å². The lowest BCUT2D eigenvalue weighted by atomic mass is 10.0. The van der Waals surface area contributed by atoms with E-state index >= 15 is 4.39 Å². The van der Waals surface area contributed by atoms with E-state index in [1.54, 1.807) is 25.5 Å². The second-order valence-electron chi connectivity index (χ2n) is 8.83. The van der Waals surface area contributed by atoms with E-state index in [1.165, 1.54) is 19.0 Å². The van der Waals surface area contributed by atoms with Crippen LogP contribution in [0.15, 0.2) is 30.7 Å². The smallest absolute Gasteiger partial charge is 0.169 e. The van der Waals surface area contributed by atoms with Crippen molar-refractivity contribution in [3.8, 4) is 17.2 Å². The highest BCUT2D eigenvalue weighted by Gasteiger charge is 2.48. The standard InChI is InChI=1S/C24H20F2N6/c1-28-17-7-16(25)20(26)18-19-22(32-5-4-24(12-32)2-3-24)15(11-30-23(19)31-21(17)18)14-6-13(8-27)9-29-10-14/h6-7,9-11,28H,2-5,12H2,1H3,(H,30,31). The summed E-state index contributed by atoms with van der Waals surface area (Å²) in [4.78, 5) is 14.2. The Hall–Kier alpha value is -3.73. The molecule has 3 aromatic heterocycles. The molecule has 4 aromatic rings. The summed E-state index contributed by atoms with van der Waals surface area (Å²) in [7, 11) is 1.67. The number of nitrogens with one attached hydrogen (secondary N) is 2. The van der Waals surface area contributed by atoms with E-state index in [0.29, 0.717) is 33.2 Å². The van der Waals surface area contributed by atoms with E-state index in [2.05, 4.69) is 31.2 Å². The summed E-state index contributed by atoms with van der Waals surface area (Å²) in [5.41, 5.74) is 4.51. The first-order valence-electron chi connectivity index (χ1n) is 10.6. The van der Waals surface area contributed by atoms with Crippen molar-refractivity contribution in [2.45, 2.75) is 19.3 Å². The number of H-pyrrole nitrogens is 1. The number of nitriles is 1. The Bertz CT molecular complexity index is 1450. The summed E-state index contributed by atoms with van der Waals surface area (Å²) in [5, 5.41) is 13.0. The minimum atomic E-state index is -0.910. The molecule has 2 N–H and O–H groups in total. The fourth-order valence-corrected chi connectivity index (χ4v) is 5.04. The fraction of sp³-hybridized carbons (Fsp3) is 0.292. The number of aromatic amines is 1. The van der Waals surface area contributed by atoms with Crippen molar-refractivity contribution in [1.82, 2.24) is 15.0 Å². The SMILES string of the molecule is CNc1cc(F)c(F)c2c1[nH]c1ncc(-c3cncc(C#N)c3)c(N3CCC4(CC4)C3)c12. The maximum Gasteiger partial charge on any atom is 0.169 e. The summed E-state index contributed by atoms with van der Waals surface area (Å²) in [6.07, 6.45) is 8.38. The Kier molecular flexibility index (Phi) is 3.94. The minimum Gasteiger partial charge on any atom is -0.386 e.